The normalized spacial score (nSPS) is 13.9. The molecule has 0 saturated heterocycles. The Morgan fingerprint density at radius 3 is 2.19 bits per heavy atom. The number of anilines is 1. The Balaban J connectivity index is 1.59. The van der Waals surface area contributed by atoms with E-state index < -0.39 is 28.5 Å². The van der Waals surface area contributed by atoms with Crippen molar-refractivity contribution in [1.82, 2.24) is 10.2 Å². The molecule has 1 unspecified atom stereocenters. The number of hydrogen-bond acceptors (Lipinski definition) is 5. The second-order valence-electron chi connectivity index (χ2n) is 11.6. The number of nitrogens with zero attached hydrogens (tertiary/aromatic N) is 2. The molecule has 1 atom stereocenters. The molecule has 2 amide bonds. The van der Waals surface area contributed by atoms with E-state index in [1.807, 2.05) is 43.3 Å². The van der Waals surface area contributed by atoms with Gasteiger partial charge in [-0.1, -0.05) is 97.2 Å². The largest absolute Gasteiger partial charge is 0.492 e. The summed E-state index contributed by atoms with van der Waals surface area (Å²) in [4.78, 5) is 30.4. The molecular weight excluding hydrogens is 634 g/mol. The molecule has 0 spiro atoms. The lowest BCUT2D eigenvalue weighted by Crippen LogP contribution is -2.54. The standard InChI is InChI=1S/C37H40ClN3O5S/c1-2-46-35-23-12-11-22-33(35)41(47(44,45)32-20-7-4-8-21-32)27-36(42)40(26-29-16-13-17-30(38)24-29)34(25-28-14-5-3-6-15-28)37(43)39-31-18-9-10-19-31/h3-8,11-17,20-24,31,34H,2,9-10,18-19,25-27H2,1H3,(H,39,43). The first kappa shape index (κ1) is 34.0. The molecule has 0 bridgehead atoms. The van der Waals surface area contributed by atoms with E-state index in [-0.39, 0.29) is 35.5 Å². The molecule has 0 heterocycles. The van der Waals surface area contributed by atoms with Crippen LogP contribution in [0.5, 0.6) is 5.75 Å². The Bertz CT molecular complexity index is 1750. The zero-order valence-corrected chi connectivity index (χ0v) is 28.0. The van der Waals surface area contributed by atoms with Crippen molar-refractivity contribution in [3.63, 3.8) is 0 Å². The second kappa shape index (κ2) is 16.0. The fourth-order valence-electron chi connectivity index (χ4n) is 5.93. The molecule has 1 N–H and O–H groups in total. The summed E-state index contributed by atoms with van der Waals surface area (Å²) in [5.41, 5.74) is 1.81. The van der Waals surface area contributed by atoms with Gasteiger partial charge in [0.05, 0.1) is 17.2 Å². The maximum Gasteiger partial charge on any atom is 0.264 e. The SMILES string of the molecule is CCOc1ccccc1N(CC(=O)N(Cc1cccc(Cl)c1)C(Cc1ccccc1)C(=O)NC1CCCC1)S(=O)(=O)c1ccccc1. The van der Waals surface area contributed by atoms with E-state index in [4.69, 9.17) is 16.3 Å². The quantitative estimate of drug-likeness (QED) is 0.162. The fourth-order valence-corrected chi connectivity index (χ4v) is 7.59. The van der Waals surface area contributed by atoms with E-state index in [1.54, 1.807) is 60.7 Å². The molecule has 0 aromatic heterocycles. The number of para-hydroxylation sites is 2. The molecule has 5 rings (SSSR count). The van der Waals surface area contributed by atoms with Gasteiger partial charge < -0.3 is 15.0 Å². The van der Waals surface area contributed by atoms with Crippen molar-refractivity contribution in [2.75, 3.05) is 17.5 Å². The summed E-state index contributed by atoms with van der Waals surface area (Å²) in [6, 6.07) is 30.5. The average Bonchev–Trinajstić information content (AvgIpc) is 3.59. The summed E-state index contributed by atoms with van der Waals surface area (Å²) < 4.78 is 35.5. The number of nitrogens with one attached hydrogen (secondary N) is 1. The summed E-state index contributed by atoms with van der Waals surface area (Å²) >= 11 is 6.35. The van der Waals surface area contributed by atoms with Crippen molar-refractivity contribution in [3.8, 4) is 5.75 Å². The van der Waals surface area contributed by atoms with Gasteiger partial charge in [-0.25, -0.2) is 8.42 Å². The zero-order valence-electron chi connectivity index (χ0n) is 26.4. The highest BCUT2D eigenvalue weighted by molar-refractivity contribution is 7.92. The second-order valence-corrected chi connectivity index (χ2v) is 13.9. The van der Waals surface area contributed by atoms with Crippen LogP contribution in [-0.4, -0.2) is 50.4 Å². The number of rotatable bonds is 14. The Morgan fingerprint density at radius 2 is 1.51 bits per heavy atom. The first-order valence-electron chi connectivity index (χ1n) is 15.9. The number of sulfonamides is 1. The van der Waals surface area contributed by atoms with Gasteiger partial charge >= 0.3 is 0 Å². The number of benzene rings is 4. The van der Waals surface area contributed by atoms with E-state index in [1.165, 1.54) is 17.0 Å². The Morgan fingerprint density at radius 1 is 0.872 bits per heavy atom. The third-order valence-corrected chi connectivity index (χ3v) is 10.3. The molecule has 8 nitrogen and oxygen atoms in total. The van der Waals surface area contributed by atoms with Gasteiger partial charge in [-0.3, -0.25) is 13.9 Å². The number of carbonyl (C=O) groups is 2. The topological polar surface area (TPSA) is 96.0 Å². The van der Waals surface area contributed by atoms with Gasteiger partial charge in [-0.15, -0.1) is 0 Å². The number of ether oxygens (including phenoxy) is 1. The third-order valence-electron chi connectivity index (χ3n) is 8.26. The Kier molecular flexibility index (Phi) is 11.6. The van der Waals surface area contributed by atoms with Crippen LogP contribution in [0.4, 0.5) is 5.69 Å². The Hall–Kier alpha value is -4.34. The zero-order chi connectivity index (χ0) is 33.2. The highest BCUT2D eigenvalue weighted by Gasteiger charge is 2.36. The molecule has 1 aliphatic rings. The van der Waals surface area contributed by atoms with Crippen molar-refractivity contribution in [2.24, 2.45) is 0 Å². The molecule has 4 aromatic carbocycles. The summed E-state index contributed by atoms with van der Waals surface area (Å²) in [6.45, 7) is 1.58. The van der Waals surface area contributed by atoms with Crippen LogP contribution in [0.1, 0.15) is 43.7 Å². The molecular formula is C37H40ClN3O5S. The van der Waals surface area contributed by atoms with Gasteiger partial charge in [0.2, 0.25) is 11.8 Å². The van der Waals surface area contributed by atoms with Crippen LogP contribution < -0.4 is 14.4 Å². The van der Waals surface area contributed by atoms with E-state index >= 15 is 0 Å². The van der Waals surface area contributed by atoms with Crippen LogP contribution in [0.3, 0.4) is 0 Å². The lowest BCUT2D eigenvalue weighted by atomic mass is 10.0. The summed E-state index contributed by atoms with van der Waals surface area (Å²) in [7, 11) is -4.24. The number of halogens is 1. The monoisotopic (exact) mass is 673 g/mol. The lowest BCUT2D eigenvalue weighted by molar-refractivity contribution is -0.140. The smallest absolute Gasteiger partial charge is 0.264 e. The summed E-state index contributed by atoms with van der Waals surface area (Å²) in [5.74, 6) is -0.495. The van der Waals surface area contributed by atoms with Gasteiger partial charge in [-0.2, -0.15) is 0 Å². The average molecular weight is 674 g/mol. The van der Waals surface area contributed by atoms with Gasteiger partial charge in [0.1, 0.15) is 18.3 Å². The Labute approximate surface area is 282 Å². The highest BCUT2D eigenvalue weighted by atomic mass is 35.5. The minimum atomic E-state index is -4.24. The lowest BCUT2D eigenvalue weighted by Gasteiger charge is -2.34. The van der Waals surface area contributed by atoms with Crippen LogP contribution in [-0.2, 0) is 32.6 Å². The van der Waals surface area contributed by atoms with Crippen molar-refractivity contribution in [3.05, 3.63) is 125 Å². The minimum Gasteiger partial charge on any atom is -0.492 e. The van der Waals surface area contributed by atoms with E-state index in [9.17, 15) is 18.0 Å². The van der Waals surface area contributed by atoms with Gasteiger partial charge in [0.25, 0.3) is 10.0 Å². The first-order chi connectivity index (χ1) is 22.8. The maximum absolute atomic E-state index is 14.7. The van der Waals surface area contributed by atoms with Crippen molar-refractivity contribution < 1.29 is 22.7 Å². The molecule has 1 aliphatic carbocycles. The molecule has 47 heavy (non-hydrogen) atoms. The molecule has 0 radical (unpaired) electrons. The molecule has 10 heteroatoms. The maximum atomic E-state index is 14.7. The molecule has 246 valence electrons. The molecule has 1 saturated carbocycles. The number of hydrogen-bond donors (Lipinski definition) is 1. The fraction of sp³-hybridized carbons (Fsp3) is 0.297. The molecule has 1 fully saturated rings. The van der Waals surface area contributed by atoms with Crippen molar-refractivity contribution >= 4 is 39.1 Å². The van der Waals surface area contributed by atoms with Crippen LogP contribution in [0.2, 0.25) is 5.02 Å². The van der Waals surface area contributed by atoms with Gasteiger partial charge in [0.15, 0.2) is 0 Å². The molecule has 0 aliphatic heterocycles. The van der Waals surface area contributed by atoms with Crippen LogP contribution in [0.15, 0.2) is 114 Å². The predicted molar refractivity (Wildman–Crippen MR) is 185 cm³/mol. The highest BCUT2D eigenvalue weighted by Crippen LogP contribution is 2.33. The minimum absolute atomic E-state index is 0.0249. The summed E-state index contributed by atoms with van der Waals surface area (Å²) in [6.07, 6.45) is 4.06. The summed E-state index contributed by atoms with van der Waals surface area (Å²) in [5, 5.41) is 3.68. The van der Waals surface area contributed by atoms with Crippen molar-refractivity contribution in [2.45, 2.75) is 62.6 Å². The number of carbonyl (C=O) groups excluding carboxylic acids is 2. The molecule has 4 aromatic rings. The van der Waals surface area contributed by atoms with E-state index in [0.29, 0.717) is 22.9 Å². The van der Waals surface area contributed by atoms with E-state index in [0.717, 1.165) is 35.6 Å². The predicted octanol–water partition coefficient (Wildman–Crippen LogP) is 6.63. The van der Waals surface area contributed by atoms with E-state index in [2.05, 4.69) is 5.32 Å². The van der Waals surface area contributed by atoms with Crippen LogP contribution in [0, 0.1) is 0 Å². The van der Waals surface area contributed by atoms with Gasteiger partial charge in [0, 0.05) is 24.0 Å². The van der Waals surface area contributed by atoms with Crippen LogP contribution in [0.25, 0.3) is 0 Å². The van der Waals surface area contributed by atoms with Gasteiger partial charge in [-0.05, 0) is 67.3 Å². The first-order valence-corrected chi connectivity index (χ1v) is 17.8. The number of amides is 2. The third kappa shape index (κ3) is 8.73. The van der Waals surface area contributed by atoms with Crippen LogP contribution >= 0.6 is 11.6 Å². The van der Waals surface area contributed by atoms with Crippen molar-refractivity contribution in [1.29, 1.82) is 0 Å².